The maximum Gasteiger partial charge on any atom is 0.416 e. The number of nitrogens with one attached hydrogen (secondary N) is 2. The first-order valence-electron chi connectivity index (χ1n) is 7.59. The van der Waals surface area contributed by atoms with Crippen LogP contribution in [0.2, 0.25) is 5.02 Å². The van der Waals surface area contributed by atoms with Gasteiger partial charge in [-0.15, -0.1) is 0 Å². The Morgan fingerprint density at radius 1 is 1.04 bits per heavy atom. The van der Waals surface area contributed by atoms with Gasteiger partial charge >= 0.3 is 6.18 Å². The van der Waals surface area contributed by atoms with Crippen LogP contribution in [0.1, 0.15) is 11.1 Å². The Bertz CT molecular complexity index is 1010. The normalized spacial score (nSPS) is 10.9. The summed E-state index contributed by atoms with van der Waals surface area (Å²) in [5.74, 6) is 0.461. The standard InChI is InChI=1S/C18H11ClF3N5/c19-14-5-4-12(18(20,21)22)9-15(14)26-17-24-7-6-16(27-17)25-13-3-1-2-11(8-13)10-23/h1-9H,(H2,24,25,26,27). The Kier molecular flexibility index (Phi) is 5.14. The number of hydrogen-bond acceptors (Lipinski definition) is 5. The summed E-state index contributed by atoms with van der Waals surface area (Å²) in [7, 11) is 0. The summed E-state index contributed by atoms with van der Waals surface area (Å²) < 4.78 is 38.6. The molecule has 2 N–H and O–H groups in total. The third-order valence-corrected chi connectivity index (χ3v) is 3.79. The molecule has 0 spiro atoms. The average Bonchev–Trinajstić information content (AvgIpc) is 2.63. The summed E-state index contributed by atoms with van der Waals surface area (Å²) >= 11 is 5.97. The number of alkyl halides is 3. The van der Waals surface area contributed by atoms with Crippen molar-refractivity contribution >= 4 is 34.7 Å². The molecule has 0 amide bonds. The van der Waals surface area contributed by atoms with Gasteiger partial charge in [-0.2, -0.15) is 23.4 Å². The fourth-order valence-electron chi connectivity index (χ4n) is 2.22. The van der Waals surface area contributed by atoms with Gasteiger partial charge < -0.3 is 10.6 Å². The van der Waals surface area contributed by atoms with Crippen LogP contribution in [0, 0.1) is 11.3 Å². The van der Waals surface area contributed by atoms with Gasteiger partial charge in [0.05, 0.1) is 27.9 Å². The molecule has 5 nitrogen and oxygen atoms in total. The van der Waals surface area contributed by atoms with E-state index in [2.05, 4.69) is 20.6 Å². The van der Waals surface area contributed by atoms with E-state index in [4.69, 9.17) is 16.9 Å². The van der Waals surface area contributed by atoms with Gasteiger partial charge in [0, 0.05) is 11.9 Å². The van der Waals surface area contributed by atoms with Gasteiger partial charge in [0.15, 0.2) is 0 Å². The first-order chi connectivity index (χ1) is 12.8. The Morgan fingerprint density at radius 2 is 1.85 bits per heavy atom. The lowest BCUT2D eigenvalue weighted by atomic mass is 10.2. The average molecular weight is 390 g/mol. The lowest BCUT2D eigenvalue weighted by Gasteiger charge is -2.12. The fourth-order valence-corrected chi connectivity index (χ4v) is 2.39. The van der Waals surface area contributed by atoms with Crippen molar-refractivity contribution in [1.29, 1.82) is 5.26 Å². The highest BCUT2D eigenvalue weighted by Crippen LogP contribution is 2.34. The zero-order valence-corrected chi connectivity index (χ0v) is 14.3. The molecule has 2 aromatic carbocycles. The van der Waals surface area contributed by atoms with Gasteiger partial charge in [-0.1, -0.05) is 17.7 Å². The summed E-state index contributed by atoms with van der Waals surface area (Å²) in [6, 6.07) is 13.3. The highest BCUT2D eigenvalue weighted by atomic mass is 35.5. The maximum absolute atomic E-state index is 12.9. The van der Waals surface area contributed by atoms with E-state index >= 15 is 0 Å². The van der Waals surface area contributed by atoms with Crippen molar-refractivity contribution < 1.29 is 13.2 Å². The maximum atomic E-state index is 12.9. The van der Waals surface area contributed by atoms with Crippen LogP contribution < -0.4 is 10.6 Å². The second-order valence-electron chi connectivity index (χ2n) is 5.40. The monoisotopic (exact) mass is 389 g/mol. The predicted octanol–water partition coefficient (Wildman–Crippen LogP) is 5.51. The Balaban J connectivity index is 1.83. The van der Waals surface area contributed by atoms with Crippen molar-refractivity contribution in [2.45, 2.75) is 6.18 Å². The molecule has 3 rings (SSSR count). The molecule has 0 saturated heterocycles. The van der Waals surface area contributed by atoms with Gasteiger partial charge in [0.25, 0.3) is 0 Å². The van der Waals surface area contributed by atoms with E-state index in [1.807, 2.05) is 6.07 Å². The summed E-state index contributed by atoms with van der Waals surface area (Å²) in [6.07, 6.45) is -3.05. The third-order valence-electron chi connectivity index (χ3n) is 3.46. The molecule has 0 aliphatic heterocycles. The molecule has 0 atom stereocenters. The number of anilines is 4. The molecule has 3 aromatic rings. The van der Waals surface area contributed by atoms with E-state index in [-0.39, 0.29) is 16.7 Å². The number of aromatic nitrogens is 2. The third kappa shape index (κ3) is 4.65. The summed E-state index contributed by atoms with van der Waals surface area (Å²) in [5, 5.41) is 14.7. The summed E-state index contributed by atoms with van der Waals surface area (Å²) in [5.41, 5.74) is 0.311. The Morgan fingerprint density at radius 3 is 2.59 bits per heavy atom. The molecule has 9 heteroatoms. The summed E-state index contributed by atoms with van der Waals surface area (Å²) in [4.78, 5) is 8.18. The second-order valence-corrected chi connectivity index (χ2v) is 5.81. The van der Waals surface area contributed by atoms with Gasteiger partial charge in [-0.25, -0.2) is 4.98 Å². The fraction of sp³-hybridized carbons (Fsp3) is 0.0556. The second kappa shape index (κ2) is 7.51. The zero-order chi connectivity index (χ0) is 19.4. The minimum absolute atomic E-state index is 0.0371. The Hall–Kier alpha value is -3.31. The van der Waals surface area contributed by atoms with E-state index in [0.717, 1.165) is 18.2 Å². The van der Waals surface area contributed by atoms with Gasteiger partial charge in [0.2, 0.25) is 5.95 Å². The molecular formula is C18H11ClF3N5. The van der Waals surface area contributed by atoms with E-state index in [1.54, 1.807) is 30.3 Å². The van der Waals surface area contributed by atoms with Crippen molar-refractivity contribution in [1.82, 2.24) is 9.97 Å². The first-order valence-corrected chi connectivity index (χ1v) is 7.97. The van der Waals surface area contributed by atoms with E-state index < -0.39 is 11.7 Å². The number of nitriles is 1. The number of rotatable bonds is 4. The molecule has 0 aliphatic carbocycles. The molecule has 1 heterocycles. The molecule has 0 saturated carbocycles. The minimum atomic E-state index is -4.49. The first kappa shape index (κ1) is 18.5. The summed E-state index contributed by atoms with van der Waals surface area (Å²) in [6.45, 7) is 0. The van der Waals surface area contributed by atoms with Crippen molar-refractivity contribution in [2.24, 2.45) is 0 Å². The quantitative estimate of drug-likeness (QED) is 0.615. The van der Waals surface area contributed by atoms with Crippen LogP contribution >= 0.6 is 11.6 Å². The molecule has 0 radical (unpaired) electrons. The largest absolute Gasteiger partial charge is 0.416 e. The molecule has 27 heavy (non-hydrogen) atoms. The van der Waals surface area contributed by atoms with Crippen LogP contribution in [0.15, 0.2) is 54.7 Å². The lowest BCUT2D eigenvalue weighted by Crippen LogP contribution is -2.06. The van der Waals surface area contributed by atoms with Gasteiger partial charge in [-0.3, -0.25) is 0 Å². The van der Waals surface area contributed by atoms with Gasteiger partial charge in [-0.05, 0) is 42.5 Å². The van der Waals surface area contributed by atoms with Gasteiger partial charge in [0.1, 0.15) is 5.82 Å². The molecule has 0 bridgehead atoms. The molecular weight excluding hydrogens is 379 g/mol. The molecule has 0 aliphatic rings. The van der Waals surface area contributed by atoms with Crippen molar-refractivity contribution in [3.05, 3.63) is 70.9 Å². The number of benzene rings is 2. The molecule has 136 valence electrons. The van der Waals surface area contributed by atoms with Crippen molar-refractivity contribution in [3.63, 3.8) is 0 Å². The predicted molar refractivity (Wildman–Crippen MR) is 96.2 cm³/mol. The van der Waals surface area contributed by atoms with Crippen LogP contribution in [-0.4, -0.2) is 9.97 Å². The number of halogens is 4. The smallest absolute Gasteiger partial charge is 0.340 e. The van der Waals surface area contributed by atoms with Crippen molar-refractivity contribution in [3.8, 4) is 6.07 Å². The highest BCUT2D eigenvalue weighted by Gasteiger charge is 2.31. The van der Waals surface area contributed by atoms with Crippen LogP contribution in [0.4, 0.5) is 36.3 Å². The molecule has 1 aromatic heterocycles. The van der Waals surface area contributed by atoms with E-state index in [1.165, 1.54) is 6.20 Å². The number of hydrogen-bond donors (Lipinski definition) is 2. The van der Waals surface area contributed by atoms with Crippen LogP contribution in [-0.2, 0) is 6.18 Å². The Labute approximate surface area is 157 Å². The SMILES string of the molecule is N#Cc1cccc(Nc2ccnc(Nc3cc(C(F)(F)F)ccc3Cl)n2)c1. The van der Waals surface area contributed by atoms with Crippen LogP contribution in [0.25, 0.3) is 0 Å². The highest BCUT2D eigenvalue weighted by molar-refractivity contribution is 6.33. The van der Waals surface area contributed by atoms with Crippen molar-refractivity contribution in [2.75, 3.05) is 10.6 Å². The van der Waals surface area contributed by atoms with E-state index in [0.29, 0.717) is 17.1 Å². The minimum Gasteiger partial charge on any atom is -0.340 e. The topological polar surface area (TPSA) is 73.6 Å². The molecule has 0 unspecified atom stereocenters. The zero-order valence-electron chi connectivity index (χ0n) is 13.5. The van der Waals surface area contributed by atoms with Crippen LogP contribution in [0.3, 0.4) is 0 Å². The van der Waals surface area contributed by atoms with Crippen LogP contribution in [0.5, 0.6) is 0 Å². The molecule has 0 fully saturated rings. The number of nitrogens with zero attached hydrogens (tertiary/aromatic N) is 3. The lowest BCUT2D eigenvalue weighted by molar-refractivity contribution is -0.137. The van der Waals surface area contributed by atoms with E-state index in [9.17, 15) is 13.2 Å².